The van der Waals surface area contributed by atoms with E-state index in [1.54, 1.807) is 12.1 Å². The molecule has 0 unspecified atom stereocenters. The molecule has 0 atom stereocenters. The fourth-order valence-electron chi connectivity index (χ4n) is 5.30. The summed E-state index contributed by atoms with van der Waals surface area (Å²) in [6, 6.07) is 14.7. The molecule has 1 amide bonds. The Morgan fingerprint density at radius 3 is 2.50 bits per heavy atom. The standard InChI is InChI=1S/C27H30F2N4O/c1-18-7-8-19(16-23(18)31(3)4)25(34)32-14-11-27(12-15-32)24-6-5-13-33(24)22-10-9-20(26(2,28)29)17-21(22)30-27/h5-10,13,16-17,30H,11-12,14-15H2,1-4H3. The first-order valence-corrected chi connectivity index (χ1v) is 11.7. The Morgan fingerprint density at radius 2 is 1.82 bits per heavy atom. The van der Waals surface area contributed by atoms with Gasteiger partial charge in [-0.2, -0.15) is 0 Å². The Bertz CT molecular complexity index is 1250. The molecule has 5 nitrogen and oxygen atoms in total. The molecule has 1 N–H and O–H groups in total. The molecule has 178 valence electrons. The van der Waals surface area contributed by atoms with Gasteiger partial charge in [-0.25, -0.2) is 8.78 Å². The van der Waals surface area contributed by atoms with Crippen LogP contribution in [0, 0.1) is 6.92 Å². The predicted octanol–water partition coefficient (Wildman–Crippen LogP) is 5.52. The van der Waals surface area contributed by atoms with E-state index in [-0.39, 0.29) is 11.5 Å². The molecule has 1 aromatic heterocycles. The Balaban J connectivity index is 1.41. The van der Waals surface area contributed by atoms with Crippen molar-refractivity contribution >= 4 is 17.3 Å². The van der Waals surface area contributed by atoms with Crippen molar-refractivity contribution in [2.75, 3.05) is 37.4 Å². The molecule has 2 aromatic carbocycles. The Labute approximate surface area is 199 Å². The number of alkyl halides is 2. The van der Waals surface area contributed by atoms with E-state index < -0.39 is 11.5 Å². The molecule has 0 radical (unpaired) electrons. The quantitative estimate of drug-likeness (QED) is 0.555. The molecule has 1 fully saturated rings. The second-order valence-electron chi connectivity index (χ2n) is 9.78. The van der Waals surface area contributed by atoms with Crippen LogP contribution >= 0.6 is 0 Å². The van der Waals surface area contributed by atoms with Crippen LogP contribution in [-0.2, 0) is 11.5 Å². The number of aromatic nitrogens is 1. The minimum Gasteiger partial charge on any atom is -0.377 e. The van der Waals surface area contributed by atoms with Crippen LogP contribution in [0.5, 0.6) is 0 Å². The van der Waals surface area contributed by atoms with Gasteiger partial charge in [0.1, 0.15) is 0 Å². The van der Waals surface area contributed by atoms with Crippen molar-refractivity contribution in [1.29, 1.82) is 0 Å². The van der Waals surface area contributed by atoms with Crippen molar-refractivity contribution in [1.82, 2.24) is 9.47 Å². The van der Waals surface area contributed by atoms with Gasteiger partial charge in [-0.3, -0.25) is 4.79 Å². The fraction of sp³-hybridized carbons (Fsp3) is 0.370. The molecule has 1 spiro atoms. The summed E-state index contributed by atoms with van der Waals surface area (Å²) in [7, 11) is 3.95. The minimum absolute atomic E-state index is 0.00631. The first-order valence-electron chi connectivity index (χ1n) is 11.7. The number of hydrogen-bond donors (Lipinski definition) is 1. The molecular formula is C27H30F2N4O. The van der Waals surface area contributed by atoms with Crippen LogP contribution in [-0.4, -0.2) is 42.6 Å². The van der Waals surface area contributed by atoms with Gasteiger partial charge in [-0.05, 0) is 61.7 Å². The highest BCUT2D eigenvalue weighted by Gasteiger charge is 2.43. The third-order valence-electron chi connectivity index (χ3n) is 7.22. The van der Waals surface area contributed by atoms with Crippen LogP contribution in [0.25, 0.3) is 5.69 Å². The summed E-state index contributed by atoms with van der Waals surface area (Å²) in [5, 5.41) is 3.60. The van der Waals surface area contributed by atoms with Crippen LogP contribution in [0.1, 0.15) is 46.9 Å². The van der Waals surface area contributed by atoms with Crippen molar-refractivity contribution in [3.63, 3.8) is 0 Å². The van der Waals surface area contributed by atoms with Gasteiger partial charge >= 0.3 is 0 Å². The minimum atomic E-state index is -2.91. The number of aryl methyl sites for hydroxylation is 1. The number of fused-ring (bicyclic) bond motifs is 4. The first kappa shape index (κ1) is 22.4. The highest BCUT2D eigenvalue weighted by Crippen LogP contribution is 2.45. The summed E-state index contributed by atoms with van der Waals surface area (Å²) < 4.78 is 30.1. The highest BCUT2D eigenvalue weighted by molar-refractivity contribution is 5.95. The number of likely N-dealkylation sites (tertiary alicyclic amines) is 1. The lowest BCUT2D eigenvalue weighted by Crippen LogP contribution is -2.51. The smallest absolute Gasteiger partial charge is 0.270 e. The van der Waals surface area contributed by atoms with E-state index in [0.29, 0.717) is 37.2 Å². The van der Waals surface area contributed by atoms with Gasteiger partial charge in [-0.1, -0.05) is 12.1 Å². The van der Waals surface area contributed by atoms with Gasteiger partial charge in [-0.15, -0.1) is 0 Å². The predicted molar refractivity (Wildman–Crippen MR) is 131 cm³/mol. The normalized spacial score (nSPS) is 16.6. The molecule has 5 rings (SSSR count). The van der Waals surface area contributed by atoms with Gasteiger partial charge in [0.2, 0.25) is 0 Å². The number of anilines is 2. The van der Waals surface area contributed by atoms with Crippen molar-refractivity contribution in [3.8, 4) is 5.69 Å². The van der Waals surface area contributed by atoms with Crippen LogP contribution in [0.3, 0.4) is 0 Å². The van der Waals surface area contributed by atoms with E-state index in [2.05, 4.69) is 16.0 Å². The van der Waals surface area contributed by atoms with Crippen LogP contribution in [0.4, 0.5) is 20.2 Å². The van der Waals surface area contributed by atoms with Crippen LogP contribution in [0.15, 0.2) is 54.7 Å². The number of nitrogens with one attached hydrogen (secondary N) is 1. The summed E-state index contributed by atoms with van der Waals surface area (Å²) >= 11 is 0. The zero-order valence-electron chi connectivity index (χ0n) is 20.0. The SMILES string of the molecule is Cc1ccc(C(=O)N2CCC3(CC2)Nc2cc(C(C)(F)F)ccc2-n2cccc23)cc1N(C)C. The number of benzene rings is 2. The Morgan fingerprint density at radius 1 is 1.09 bits per heavy atom. The van der Waals surface area contributed by atoms with Crippen molar-refractivity contribution in [3.05, 3.63) is 77.1 Å². The maximum atomic E-state index is 14.0. The summed E-state index contributed by atoms with van der Waals surface area (Å²) in [5.74, 6) is -2.88. The van der Waals surface area contributed by atoms with Gasteiger partial charge < -0.3 is 19.7 Å². The monoisotopic (exact) mass is 464 g/mol. The second kappa shape index (κ2) is 7.86. The number of hydrogen-bond acceptors (Lipinski definition) is 3. The first-order chi connectivity index (χ1) is 16.1. The van der Waals surface area contributed by atoms with Crippen molar-refractivity contribution in [2.45, 2.75) is 38.2 Å². The van der Waals surface area contributed by atoms with Crippen molar-refractivity contribution < 1.29 is 13.6 Å². The third-order valence-corrected chi connectivity index (χ3v) is 7.22. The topological polar surface area (TPSA) is 40.5 Å². The summed E-state index contributed by atoms with van der Waals surface area (Å²) in [4.78, 5) is 17.2. The molecule has 7 heteroatoms. The number of piperidine rings is 1. The van der Waals surface area contributed by atoms with Gasteiger partial charge in [0, 0.05) is 62.8 Å². The number of rotatable bonds is 3. The maximum absolute atomic E-state index is 14.0. The van der Waals surface area contributed by atoms with Gasteiger partial charge in [0.15, 0.2) is 0 Å². The molecule has 2 aliphatic rings. The molecule has 0 aliphatic carbocycles. The average molecular weight is 465 g/mol. The molecular weight excluding hydrogens is 434 g/mol. The Hall–Kier alpha value is -3.35. The summed E-state index contributed by atoms with van der Waals surface area (Å²) in [5.41, 5.74) is 5.11. The number of nitrogens with zero attached hydrogens (tertiary/aromatic N) is 3. The molecule has 0 bridgehead atoms. The van der Waals surface area contributed by atoms with E-state index in [4.69, 9.17) is 0 Å². The van der Waals surface area contributed by atoms with Gasteiger partial charge in [0.25, 0.3) is 11.8 Å². The Kier molecular flexibility index (Phi) is 5.19. The average Bonchev–Trinajstić information content (AvgIpc) is 3.30. The molecule has 1 saturated heterocycles. The zero-order valence-corrected chi connectivity index (χ0v) is 20.0. The lowest BCUT2D eigenvalue weighted by molar-refractivity contribution is 0.0175. The molecule has 2 aliphatic heterocycles. The third kappa shape index (κ3) is 3.63. The fourth-order valence-corrected chi connectivity index (χ4v) is 5.30. The van der Waals surface area contributed by atoms with E-state index >= 15 is 0 Å². The highest BCUT2D eigenvalue weighted by atomic mass is 19.3. The lowest BCUT2D eigenvalue weighted by Gasteiger charge is -2.46. The molecule has 3 heterocycles. The van der Waals surface area contributed by atoms with E-state index in [1.165, 1.54) is 6.07 Å². The lowest BCUT2D eigenvalue weighted by atomic mass is 9.82. The summed E-state index contributed by atoms with van der Waals surface area (Å²) in [6.45, 7) is 4.13. The summed E-state index contributed by atoms with van der Waals surface area (Å²) in [6.07, 6.45) is 3.37. The maximum Gasteiger partial charge on any atom is 0.270 e. The number of carbonyl (C=O) groups is 1. The number of amides is 1. The van der Waals surface area contributed by atoms with Crippen molar-refractivity contribution in [2.24, 2.45) is 0 Å². The van der Waals surface area contributed by atoms with Crippen LogP contribution < -0.4 is 10.2 Å². The van der Waals surface area contributed by atoms with E-state index in [0.717, 1.165) is 29.6 Å². The van der Waals surface area contributed by atoms with Gasteiger partial charge in [0.05, 0.1) is 16.9 Å². The molecule has 0 saturated carbocycles. The van der Waals surface area contributed by atoms with E-state index in [1.807, 2.05) is 61.3 Å². The molecule has 3 aromatic rings. The van der Waals surface area contributed by atoms with Crippen LogP contribution in [0.2, 0.25) is 0 Å². The molecule has 34 heavy (non-hydrogen) atoms. The second-order valence-corrected chi connectivity index (χ2v) is 9.78. The number of carbonyl (C=O) groups excluding carboxylic acids is 1. The zero-order chi connectivity index (χ0) is 24.3. The largest absolute Gasteiger partial charge is 0.377 e. The van der Waals surface area contributed by atoms with E-state index in [9.17, 15) is 13.6 Å². The number of halogens is 2.